The van der Waals surface area contributed by atoms with Gasteiger partial charge in [0.25, 0.3) is 11.5 Å². The molecule has 10 heteroatoms. The zero-order valence-electron chi connectivity index (χ0n) is 13.6. The highest BCUT2D eigenvalue weighted by Crippen LogP contribution is 2.04. The van der Waals surface area contributed by atoms with Gasteiger partial charge in [-0.3, -0.25) is 23.7 Å². The molecule has 0 aliphatic carbocycles. The van der Waals surface area contributed by atoms with Gasteiger partial charge in [0.15, 0.2) is 11.2 Å². The monoisotopic (exact) mass is 341 g/mol. The van der Waals surface area contributed by atoms with E-state index < -0.39 is 17.2 Å². The summed E-state index contributed by atoms with van der Waals surface area (Å²) < 4.78 is 3.61. The second kappa shape index (κ2) is 6.51. The molecule has 0 radical (unpaired) electrons. The average Bonchev–Trinajstić information content (AvgIpc) is 3.02. The predicted octanol–water partition coefficient (Wildman–Crippen LogP) is -1.02. The van der Waals surface area contributed by atoms with Crippen LogP contribution in [0.25, 0.3) is 11.2 Å². The summed E-state index contributed by atoms with van der Waals surface area (Å²) in [5.41, 5.74) is 2.52. The summed E-state index contributed by atoms with van der Waals surface area (Å²) in [6, 6.07) is 3.54. The number of hydrogen-bond donors (Lipinski definition) is 1. The fourth-order valence-electron chi connectivity index (χ4n) is 2.34. The van der Waals surface area contributed by atoms with Gasteiger partial charge in [0.05, 0.1) is 12.5 Å². The van der Waals surface area contributed by atoms with Crippen molar-refractivity contribution in [2.24, 2.45) is 19.2 Å². The lowest BCUT2D eigenvalue weighted by molar-refractivity contribution is -0.121. The summed E-state index contributed by atoms with van der Waals surface area (Å²) in [6.07, 6.45) is 6.03. The van der Waals surface area contributed by atoms with Crippen molar-refractivity contribution in [1.29, 1.82) is 0 Å². The fourth-order valence-corrected chi connectivity index (χ4v) is 2.34. The van der Waals surface area contributed by atoms with Crippen molar-refractivity contribution in [3.63, 3.8) is 0 Å². The maximum Gasteiger partial charge on any atom is 0.332 e. The van der Waals surface area contributed by atoms with E-state index in [-0.39, 0.29) is 17.7 Å². The number of imidazole rings is 1. The minimum atomic E-state index is -0.512. The summed E-state index contributed by atoms with van der Waals surface area (Å²) in [7, 11) is 2.89. The van der Waals surface area contributed by atoms with E-state index in [0.29, 0.717) is 0 Å². The molecule has 3 rings (SSSR count). The van der Waals surface area contributed by atoms with Crippen LogP contribution >= 0.6 is 0 Å². The van der Waals surface area contributed by atoms with Gasteiger partial charge < -0.3 is 4.57 Å². The van der Waals surface area contributed by atoms with Crippen LogP contribution in [0.1, 0.15) is 5.56 Å². The fraction of sp³-hybridized carbons (Fsp3) is 0.200. The lowest BCUT2D eigenvalue weighted by Crippen LogP contribution is -2.38. The molecule has 0 fully saturated rings. The van der Waals surface area contributed by atoms with Crippen LogP contribution in [0, 0.1) is 0 Å². The number of hydrogen-bond acceptors (Lipinski definition) is 6. The van der Waals surface area contributed by atoms with Crippen molar-refractivity contribution in [2.45, 2.75) is 6.54 Å². The number of fused-ring (bicyclic) bond motifs is 1. The van der Waals surface area contributed by atoms with Crippen LogP contribution in [-0.4, -0.2) is 35.8 Å². The van der Waals surface area contributed by atoms with Gasteiger partial charge in [0, 0.05) is 32.1 Å². The van der Waals surface area contributed by atoms with Crippen LogP contribution in [0.4, 0.5) is 0 Å². The molecule has 0 bridgehead atoms. The molecule has 0 aromatic carbocycles. The Labute approximate surface area is 141 Å². The maximum atomic E-state index is 12.3. The number of pyridine rings is 1. The van der Waals surface area contributed by atoms with Crippen LogP contribution in [0.2, 0.25) is 0 Å². The second-order valence-electron chi connectivity index (χ2n) is 5.33. The standard InChI is InChI=1S/C15H15N7O3/c1-20-13-12(14(24)21(2)15(20)25)22(9-17-13)8-11(23)19-18-7-10-4-3-5-16-6-10/h3-7,9H,8H2,1-2H3,(H,19,23)/b18-7+. The number of aryl methyl sites for hydroxylation is 1. The van der Waals surface area contributed by atoms with Crippen LogP contribution in [0.5, 0.6) is 0 Å². The zero-order valence-corrected chi connectivity index (χ0v) is 13.6. The molecule has 3 heterocycles. The third kappa shape index (κ3) is 3.09. The van der Waals surface area contributed by atoms with Gasteiger partial charge in [0.1, 0.15) is 6.54 Å². The number of hydrazone groups is 1. The van der Waals surface area contributed by atoms with Crippen molar-refractivity contribution >= 4 is 23.3 Å². The van der Waals surface area contributed by atoms with E-state index in [4.69, 9.17) is 0 Å². The number of rotatable bonds is 4. The maximum absolute atomic E-state index is 12.3. The minimum absolute atomic E-state index is 0.158. The molecule has 0 unspecified atom stereocenters. The van der Waals surface area contributed by atoms with E-state index in [1.807, 2.05) is 0 Å². The van der Waals surface area contributed by atoms with Crippen molar-refractivity contribution in [3.05, 3.63) is 57.3 Å². The molecule has 0 aliphatic rings. The molecule has 0 saturated carbocycles. The van der Waals surface area contributed by atoms with Crippen LogP contribution in [0.15, 0.2) is 45.5 Å². The number of carbonyl (C=O) groups is 1. The third-order valence-corrected chi connectivity index (χ3v) is 3.62. The van der Waals surface area contributed by atoms with Gasteiger partial charge in [0.2, 0.25) is 0 Å². The summed E-state index contributed by atoms with van der Waals surface area (Å²) in [5.74, 6) is -0.435. The zero-order chi connectivity index (χ0) is 18.0. The molecule has 0 atom stereocenters. The summed E-state index contributed by atoms with van der Waals surface area (Å²) in [5, 5.41) is 3.84. The van der Waals surface area contributed by atoms with E-state index in [0.717, 1.165) is 10.1 Å². The lowest BCUT2D eigenvalue weighted by Gasteiger charge is -2.05. The summed E-state index contributed by atoms with van der Waals surface area (Å²) in [4.78, 5) is 44.2. The summed E-state index contributed by atoms with van der Waals surface area (Å²) >= 11 is 0. The molecule has 3 aromatic rings. The Morgan fingerprint density at radius 2 is 2.12 bits per heavy atom. The molecule has 0 saturated heterocycles. The van der Waals surface area contributed by atoms with Crippen molar-refractivity contribution in [2.75, 3.05) is 0 Å². The SMILES string of the molecule is Cn1c(=O)c2c(ncn2CC(=O)N/N=C/c2cccnc2)n(C)c1=O. The molecular weight excluding hydrogens is 326 g/mol. The first-order valence-corrected chi connectivity index (χ1v) is 7.32. The number of amides is 1. The number of nitrogens with zero attached hydrogens (tertiary/aromatic N) is 6. The molecule has 0 aliphatic heterocycles. The Bertz CT molecular complexity index is 1080. The molecule has 3 aromatic heterocycles. The van der Waals surface area contributed by atoms with Gasteiger partial charge in [-0.05, 0) is 6.07 Å². The highest BCUT2D eigenvalue weighted by molar-refractivity contribution is 5.82. The highest BCUT2D eigenvalue weighted by Gasteiger charge is 2.15. The first-order chi connectivity index (χ1) is 12.0. The average molecular weight is 341 g/mol. The van der Waals surface area contributed by atoms with E-state index in [1.54, 1.807) is 24.5 Å². The Balaban J connectivity index is 1.82. The van der Waals surface area contributed by atoms with Gasteiger partial charge in [-0.1, -0.05) is 6.07 Å². The largest absolute Gasteiger partial charge is 0.332 e. The topological polar surface area (TPSA) is 116 Å². The first-order valence-electron chi connectivity index (χ1n) is 7.32. The Hall–Kier alpha value is -3.56. The lowest BCUT2D eigenvalue weighted by atomic mass is 10.3. The van der Waals surface area contributed by atoms with Crippen molar-refractivity contribution in [1.82, 2.24) is 29.1 Å². The van der Waals surface area contributed by atoms with E-state index >= 15 is 0 Å². The molecule has 1 amide bonds. The molecule has 1 N–H and O–H groups in total. The Kier molecular flexibility index (Phi) is 4.25. The Morgan fingerprint density at radius 3 is 2.84 bits per heavy atom. The second-order valence-corrected chi connectivity index (χ2v) is 5.33. The van der Waals surface area contributed by atoms with Gasteiger partial charge in [-0.2, -0.15) is 5.10 Å². The molecule has 0 spiro atoms. The smallest absolute Gasteiger partial charge is 0.315 e. The highest BCUT2D eigenvalue weighted by atomic mass is 16.2. The first kappa shape index (κ1) is 16.3. The van der Waals surface area contributed by atoms with Gasteiger partial charge in [-0.15, -0.1) is 0 Å². The van der Waals surface area contributed by atoms with Crippen molar-refractivity contribution < 1.29 is 4.79 Å². The van der Waals surface area contributed by atoms with Crippen LogP contribution < -0.4 is 16.7 Å². The molecular formula is C15H15N7O3. The van der Waals surface area contributed by atoms with E-state index in [1.165, 1.54) is 35.8 Å². The Morgan fingerprint density at radius 1 is 1.32 bits per heavy atom. The van der Waals surface area contributed by atoms with E-state index in [9.17, 15) is 14.4 Å². The van der Waals surface area contributed by atoms with E-state index in [2.05, 4.69) is 20.5 Å². The van der Waals surface area contributed by atoms with Crippen LogP contribution in [0.3, 0.4) is 0 Å². The van der Waals surface area contributed by atoms with Crippen LogP contribution in [-0.2, 0) is 25.4 Å². The summed E-state index contributed by atoms with van der Waals surface area (Å²) in [6.45, 7) is -0.158. The molecule has 10 nitrogen and oxygen atoms in total. The normalized spacial score (nSPS) is 11.3. The third-order valence-electron chi connectivity index (χ3n) is 3.62. The number of aromatic nitrogens is 5. The molecule has 128 valence electrons. The molecule has 25 heavy (non-hydrogen) atoms. The number of carbonyl (C=O) groups excluding carboxylic acids is 1. The van der Waals surface area contributed by atoms with Gasteiger partial charge in [-0.25, -0.2) is 15.2 Å². The predicted molar refractivity (Wildman–Crippen MR) is 90.2 cm³/mol. The van der Waals surface area contributed by atoms with Gasteiger partial charge >= 0.3 is 5.69 Å². The van der Waals surface area contributed by atoms with Crippen molar-refractivity contribution in [3.8, 4) is 0 Å². The number of nitrogens with one attached hydrogen (secondary N) is 1. The minimum Gasteiger partial charge on any atom is -0.315 e. The quantitative estimate of drug-likeness (QED) is 0.481.